The van der Waals surface area contributed by atoms with Gasteiger partial charge in [-0.15, -0.1) is 0 Å². The van der Waals surface area contributed by atoms with Crippen molar-refractivity contribution in [1.29, 1.82) is 0 Å². The molecular formula is C16H12ClF2N5. The van der Waals surface area contributed by atoms with Gasteiger partial charge in [0.15, 0.2) is 11.6 Å². The molecule has 0 aliphatic heterocycles. The van der Waals surface area contributed by atoms with Gasteiger partial charge in [-0.2, -0.15) is 0 Å². The molecule has 0 atom stereocenters. The van der Waals surface area contributed by atoms with Gasteiger partial charge in [0.2, 0.25) is 0 Å². The van der Waals surface area contributed by atoms with Crippen LogP contribution in [0, 0.1) is 11.6 Å². The number of nitrogens with two attached hydrogens (primary N) is 1. The van der Waals surface area contributed by atoms with Crippen LogP contribution >= 0.6 is 11.6 Å². The summed E-state index contributed by atoms with van der Waals surface area (Å²) in [6.07, 6.45) is 1.28. The summed E-state index contributed by atoms with van der Waals surface area (Å²) in [4.78, 5) is 8.05. The first-order valence-electron chi connectivity index (χ1n) is 6.88. The molecule has 0 amide bonds. The number of nitrogens with zero attached hydrogens (tertiary/aromatic N) is 2. The molecule has 24 heavy (non-hydrogen) atoms. The standard InChI is InChI=1S/C16H12ClF2N5/c17-9-1-4-11(5-2-9)23-15-14(20)16(22-8-21-15)24-13-6-3-10(18)7-12(13)19/h1-8H,20H2,(H2,21,22,23,24). The molecule has 2 aromatic carbocycles. The van der Waals surface area contributed by atoms with Gasteiger partial charge in [0, 0.05) is 16.8 Å². The van der Waals surface area contributed by atoms with E-state index in [4.69, 9.17) is 17.3 Å². The molecule has 4 N–H and O–H groups in total. The van der Waals surface area contributed by atoms with Gasteiger partial charge >= 0.3 is 0 Å². The van der Waals surface area contributed by atoms with E-state index in [-0.39, 0.29) is 17.2 Å². The number of hydrogen-bond acceptors (Lipinski definition) is 5. The van der Waals surface area contributed by atoms with Crippen LogP contribution in [-0.2, 0) is 0 Å². The molecule has 0 aliphatic rings. The Morgan fingerprint density at radius 1 is 0.917 bits per heavy atom. The summed E-state index contributed by atoms with van der Waals surface area (Å²) in [5, 5.41) is 6.35. The second-order valence-electron chi connectivity index (χ2n) is 4.87. The Hall–Kier alpha value is -2.93. The molecule has 8 heteroatoms. The second-order valence-corrected chi connectivity index (χ2v) is 5.30. The Bertz CT molecular complexity index is 871. The number of hydrogen-bond donors (Lipinski definition) is 3. The van der Waals surface area contributed by atoms with E-state index in [1.807, 2.05) is 0 Å². The fraction of sp³-hybridized carbons (Fsp3) is 0. The van der Waals surface area contributed by atoms with Crippen molar-refractivity contribution in [2.24, 2.45) is 0 Å². The molecule has 0 saturated carbocycles. The maximum absolute atomic E-state index is 13.7. The third-order valence-corrected chi connectivity index (χ3v) is 3.43. The van der Waals surface area contributed by atoms with Crippen molar-refractivity contribution in [3.05, 3.63) is 65.4 Å². The minimum absolute atomic E-state index is 0.0549. The molecule has 0 bridgehead atoms. The van der Waals surface area contributed by atoms with Crippen LogP contribution < -0.4 is 16.4 Å². The van der Waals surface area contributed by atoms with Crippen molar-refractivity contribution in [3.8, 4) is 0 Å². The summed E-state index contributed by atoms with van der Waals surface area (Å²) in [6, 6.07) is 10.1. The topological polar surface area (TPSA) is 75.9 Å². The molecule has 3 aromatic rings. The molecule has 0 aliphatic carbocycles. The molecule has 5 nitrogen and oxygen atoms in total. The van der Waals surface area contributed by atoms with Crippen LogP contribution in [0.15, 0.2) is 48.8 Å². The maximum Gasteiger partial charge on any atom is 0.159 e. The number of rotatable bonds is 4. The van der Waals surface area contributed by atoms with Crippen LogP contribution in [0.3, 0.4) is 0 Å². The number of anilines is 5. The number of nitrogens with one attached hydrogen (secondary N) is 2. The Balaban J connectivity index is 1.86. The smallest absolute Gasteiger partial charge is 0.159 e. The zero-order chi connectivity index (χ0) is 17.1. The van der Waals surface area contributed by atoms with Crippen molar-refractivity contribution in [2.75, 3.05) is 16.4 Å². The van der Waals surface area contributed by atoms with Crippen LogP contribution in [0.2, 0.25) is 5.02 Å². The third kappa shape index (κ3) is 3.52. The lowest BCUT2D eigenvalue weighted by molar-refractivity contribution is 0.586. The number of halogens is 3. The minimum Gasteiger partial charge on any atom is -0.393 e. The Morgan fingerprint density at radius 3 is 2.25 bits per heavy atom. The van der Waals surface area contributed by atoms with E-state index >= 15 is 0 Å². The van der Waals surface area contributed by atoms with Crippen molar-refractivity contribution in [2.45, 2.75) is 0 Å². The van der Waals surface area contributed by atoms with E-state index in [2.05, 4.69) is 20.6 Å². The Kier molecular flexibility index (Phi) is 4.43. The van der Waals surface area contributed by atoms with Crippen molar-refractivity contribution < 1.29 is 8.78 Å². The monoisotopic (exact) mass is 347 g/mol. The number of aromatic nitrogens is 2. The summed E-state index contributed by atoms with van der Waals surface area (Å²) in [5.74, 6) is -0.872. The highest BCUT2D eigenvalue weighted by Crippen LogP contribution is 2.29. The van der Waals surface area contributed by atoms with Crippen molar-refractivity contribution >= 4 is 40.3 Å². The van der Waals surface area contributed by atoms with Crippen LogP contribution in [0.1, 0.15) is 0 Å². The van der Waals surface area contributed by atoms with Crippen molar-refractivity contribution in [3.63, 3.8) is 0 Å². The predicted octanol–water partition coefficient (Wildman–Crippen LogP) is 4.48. The lowest BCUT2D eigenvalue weighted by Crippen LogP contribution is -2.06. The quantitative estimate of drug-likeness (QED) is 0.649. The van der Waals surface area contributed by atoms with E-state index in [1.165, 1.54) is 12.4 Å². The summed E-state index contributed by atoms with van der Waals surface area (Å²) < 4.78 is 26.7. The van der Waals surface area contributed by atoms with Gasteiger partial charge in [0.25, 0.3) is 0 Å². The largest absolute Gasteiger partial charge is 0.393 e. The van der Waals surface area contributed by atoms with Gasteiger partial charge in [-0.3, -0.25) is 0 Å². The highest BCUT2D eigenvalue weighted by Gasteiger charge is 2.11. The zero-order valence-electron chi connectivity index (χ0n) is 12.2. The fourth-order valence-corrected chi connectivity index (χ4v) is 2.11. The first-order chi connectivity index (χ1) is 11.5. The molecule has 122 valence electrons. The Morgan fingerprint density at radius 2 is 1.58 bits per heavy atom. The van der Waals surface area contributed by atoms with E-state index in [0.717, 1.165) is 17.8 Å². The van der Waals surface area contributed by atoms with Gasteiger partial charge in [-0.05, 0) is 36.4 Å². The molecule has 1 heterocycles. The second kappa shape index (κ2) is 6.67. The van der Waals surface area contributed by atoms with E-state index in [1.54, 1.807) is 24.3 Å². The lowest BCUT2D eigenvalue weighted by atomic mass is 10.3. The number of nitrogen functional groups attached to an aromatic ring is 1. The van der Waals surface area contributed by atoms with Gasteiger partial charge in [0.1, 0.15) is 23.6 Å². The Labute approximate surface area is 141 Å². The average Bonchev–Trinajstić information content (AvgIpc) is 2.55. The van der Waals surface area contributed by atoms with Crippen LogP contribution in [0.25, 0.3) is 0 Å². The fourth-order valence-electron chi connectivity index (χ4n) is 1.98. The summed E-state index contributed by atoms with van der Waals surface area (Å²) in [7, 11) is 0. The molecule has 0 radical (unpaired) electrons. The van der Waals surface area contributed by atoms with Gasteiger partial charge in [-0.25, -0.2) is 18.7 Å². The van der Waals surface area contributed by atoms with Gasteiger partial charge < -0.3 is 16.4 Å². The SMILES string of the molecule is Nc1c(Nc2ccc(Cl)cc2)ncnc1Nc1ccc(F)cc1F. The third-order valence-electron chi connectivity index (χ3n) is 3.18. The summed E-state index contributed by atoms with van der Waals surface area (Å²) in [6.45, 7) is 0. The van der Waals surface area contributed by atoms with E-state index in [0.29, 0.717) is 10.8 Å². The summed E-state index contributed by atoms with van der Waals surface area (Å²) >= 11 is 5.84. The highest BCUT2D eigenvalue weighted by molar-refractivity contribution is 6.30. The molecule has 0 spiro atoms. The van der Waals surface area contributed by atoms with E-state index < -0.39 is 11.6 Å². The van der Waals surface area contributed by atoms with Gasteiger partial charge in [-0.1, -0.05) is 11.6 Å². The normalized spacial score (nSPS) is 10.5. The average molecular weight is 348 g/mol. The summed E-state index contributed by atoms with van der Waals surface area (Å²) in [5.41, 5.74) is 6.99. The van der Waals surface area contributed by atoms with E-state index in [9.17, 15) is 8.78 Å². The molecule has 0 unspecified atom stereocenters. The minimum atomic E-state index is -0.750. The highest BCUT2D eigenvalue weighted by atomic mass is 35.5. The van der Waals surface area contributed by atoms with Crippen LogP contribution in [0.5, 0.6) is 0 Å². The van der Waals surface area contributed by atoms with Gasteiger partial charge in [0.05, 0.1) is 5.69 Å². The molecule has 0 saturated heterocycles. The van der Waals surface area contributed by atoms with Crippen LogP contribution in [0.4, 0.5) is 37.5 Å². The first-order valence-corrected chi connectivity index (χ1v) is 7.26. The molecular weight excluding hydrogens is 336 g/mol. The lowest BCUT2D eigenvalue weighted by Gasteiger charge is -2.13. The van der Waals surface area contributed by atoms with Crippen LogP contribution in [-0.4, -0.2) is 9.97 Å². The first kappa shape index (κ1) is 15.9. The zero-order valence-corrected chi connectivity index (χ0v) is 13.0. The molecule has 1 aromatic heterocycles. The molecule has 0 fully saturated rings. The maximum atomic E-state index is 13.7. The predicted molar refractivity (Wildman–Crippen MR) is 90.8 cm³/mol. The van der Waals surface area contributed by atoms with Crippen molar-refractivity contribution in [1.82, 2.24) is 9.97 Å². The molecule has 3 rings (SSSR count). The number of benzene rings is 2.